The predicted molar refractivity (Wildman–Crippen MR) is 87.1 cm³/mol. The molecule has 0 radical (unpaired) electrons. The highest BCUT2D eigenvalue weighted by atomic mass is 16.2. The molecule has 3 heteroatoms. The van der Waals surface area contributed by atoms with Crippen LogP contribution in [0.25, 0.3) is 0 Å². The van der Waals surface area contributed by atoms with Gasteiger partial charge >= 0.3 is 0 Å². The van der Waals surface area contributed by atoms with Gasteiger partial charge in [-0.05, 0) is 64.2 Å². The van der Waals surface area contributed by atoms with Gasteiger partial charge in [0.25, 0.3) is 0 Å². The maximum absolute atomic E-state index is 12.7. The third-order valence-electron chi connectivity index (χ3n) is 4.44. The van der Waals surface area contributed by atoms with Crippen molar-refractivity contribution in [2.75, 3.05) is 0 Å². The summed E-state index contributed by atoms with van der Waals surface area (Å²) in [4.78, 5) is 14.7. The Kier molecular flexibility index (Phi) is 4.43. The molecule has 21 heavy (non-hydrogen) atoms. The van der Waals surface area contributed by atoms with Gasteiger partial charge < -0.3 is 10.6 Å². The fourth-order valence-corrected chi connectivity index (χ4v) is 3.54. The molecule has 0 saturated carbocycles. The summed E-state index contributed by atoms with van der Waals surface area (Å²) < 4.78 is 0. The van der Waals surface area contributed by atoms with E-state index >= 15 is 0 Å². The number of nitrogens with zero attached hydrogens (tertiary/aromatic N) is 1. The lowest BCUT2D eigenvalue weighted by molar-refractivity contribution is -0.139. The summed E-state index contributed by atoms with van der Waals surface area (Å²) in [7, 11) is 0. The minimum absolute atomic E-state index is 0.00419. The molecule has 1 saturated heterocycles. The maximum Gasteiger partial charge on any atom is 0.223 e. The van der Waals surface area contributed by atoms with E-state index in [0.717, 1.165) is 12.8 Å². The van der Waals surface area contributed by atoms with Crippen molar-refractivity contribution >= 4 is 5.91 Å². The number of aryl methyl sites for hydroxylation is 2. The molecule has 2 unspecified atom stereocenters. The van der Waals surface area contributed by atoms with E-state index in [9.17, 15) is 4.79 Å². The van der Waals surface area contributed by atoms with E-state index in [-0.39, 0.29) is 23.5 Å². The lowest BCUT2D eigenvalue weighted by atomic mass is 9.87. The summed E-state index contributed by atoms with van der Waals surface area (Å²) in [5.41, 5.74) is 9.96. The Bertz CT molecular complexity index is 510. The van der Waals surface area contributed by atoms with E-state index in [0.29, 0.717) is 6.42 Å². The van der Waals surface area contributed by atoms with Gasteiger partial charge in [0.05, 0.1) is 6.04 Å². The van der Waals surface area contributed by atoms with E-state index < -0.39 is 0 Å². The fraction of sp³-hybridized carbons (Fsp3) is 0.611. The van der Waals surface area contributed by atoms with Gasteiger partial charge in [0, 0.05) is 18.0 Å². The number of carbonyl (C=O) groups is 1. The summed E-state index contributed by atoms with van der Waals surface area (Å²) in [6.07, 6.45) is 2.39. The van der Waals surface area contributed by atoms with Crippen LogP contribution in [0, 0.1) is 13.8 Å². The van der Waals surface area contributed by atoms with Crippen molar-refractivity contribution in [3.05, 3.63) is 34.9 Å². The van der Waals surface area contributed by atoms with E-state index in [1.807, 2.05) is 4.90 Å². The van der Waals surface area contributed by atoms with Gasteiger partial charge in [-0.25, -0.2) is 0 Å². The predicted octanol–water partition coefficient (Wildman–Crippen LogP) is 3.48. The third kappa shape index (κ3) is 3.13. The molecule has 1 aromatic carbocycles. The third-order valence-corrected chi connectivity index (χ3v) is 4.44. The quantitative estimate of drug-likeness (QED) is 0.860. The first-order chi connectivity index (χ1) is 9.73. The molecule has 2 atom stereocenters. The molecule has 0 aliphatic carbocycles. The first kappa shape index (κ1) is 16.0. The molecule has 2 rings (SSSR count). The van der Waals surface area contributed by atoms with Crippen LogP contribution in [0.15, 0.2) is 18.2 Å². The van der Waals surface area contributed by atoms with Crippen LogP contribution in [-0.4, -0.2) is 22.4 Å². The molecular weight excluding hydrogens is 260 g/mol. The highest BCUT2D eigenvalue weighted by molar-refractivity contribution is 5.78. The average Bonchev–Trinajstić information content (AvgIpc) is 2.48. The lowest BCUT2D eigenvalue weighted by Crippen LogP contribution is -2.51. The molecule has 1 amide bonds. The number of rotatable bonds is 1. The second kappa shape index (κ2) is 5.80. The zero-order valence-electron chi connectivity index (χ0n) is 13.9. The number of likely N-dealkylation sites (tertiary alicyclic amines) is 1. The molecule has 1 aromatic rings. The lowest BCUT2D eigenvalue weighted by Gasteiger charge is -2.44. The van der Waals surface area contributed by atoms with Gasteiger partial charge in [0.15, 0.2) is 0 Å². The largest absolute Gasteiger partial charge is 0.329 e. The molecule has 1 fully saturated rings. The minimum Gasteiger partial charge on any atom is -0.329 e. The minimum atomic E-state index is -0.224. The van der Waals surface area contributed by atoms with E-state index in [2.05, 4.69) is 52.8 Å². The Labute approximate surface area is 128 Å². The molecule has 1 heterocycles. The van der Waals surface area contributed by atoms with Crippen molar-refractivity contribution in [1.82, 2.24) is 4.90 Å². The normalized spacial score (nSPS) is 24.1. The van der Waals surface area contributed by atoms with Crippen LogP contribution in [0.4, 0.5) is 0 Å². The molecular formula is C18H28N2O. The Morgan fingerprint density at radius 2 is 1.76 bits per heavy atom. The highest BCUT2D eigenvalue weighted by Gasteiger charge is 2.39. The van der Waals surface area contributed by atoms with Crippen LogP contribution in [0.2, 0.25) is 0 Å². The topological polar surface area (TPSA) is 46.3 Å². The van der Waals surface area contributed by atoms with Crippen molar-refractivity contribution in [1.29, 1.82) is 0 Å². The van der Waals surface area contributed by atoms with E-state index in [1.54, 1.807) is 0 Å². The van der Waals surface area contributed by atoms with Crippen molar-refractivity contribution in [2.45, 2.75) is 71.5 Å². The van der Waals surface area contributed by atoms with Crippen molar-refractivity contribution in [2.24, 2.45) is 5.73 Å². The number of nitrogens with two attached hydrogens (primary N) is 1. The molecule has 1 aliphatic heterocycles. The number of benzene rings is 1. The van der Waals surface area contributed by atoms with Gasteiger partial charge in [0.2, 0.25) is 5.91 Å². The van der Waals surface area contributed by atoms with Gasteiger partial charge in [0.1, 0.15) is 0 Å². The zero-order valence-corrected chi connectivity index (χ0v) is 13.9. The van der Waals surface area contributed by atoms with Crippen LogP contribution < -0.4 is 5.73 Å². The Balaban J connectivity index is 2.61. The first-order valence-electron chi connectivity index (χ1n) is 7.87. The molecule has 2 N–H and O–H groups in total. The van der Waals surface area contributed by atoms with Crippen molar-refractivity contribution < 1.29 is 4.79 Å². The number of hydrogen-bond acceptors (Lipinski definition) is 2. The second-order valence-corrected chi connectivity index (χ2v) is 7.24. The number of hydrogen-bond donors (Lipinski definition) is 1. The average molecular weight is 288 g/mol. The summed E-state index contributed by atoms with van der Waals surface area (Å²) in [6.45, 7) is 10.5. The van der Waals surface area contributed by atoms with Gasteiger partial charge in [-0.3, -0.25) is 4.79 Å². The van der Waals surface area contributed by atoms with Crippen LogP contribution in [0.5, 0.6) is 0 Å². The number of carbonyl (C=O) groups excluding carboxylic acids is 1. The van der Waals surface area contributed by atoms with Gasteiger partial charge in [-0.2, -0.15) is 0 Å². The maximum atomic E-state index is 12.7. The summed E-state index contributed by atoms with van der Waals surface area (Å²) in [5.74, 6) is 0.225. The van der Waals surface area contributed by atoms with Crippen molar-refractivity contribution in [3.8, 4) is 0 Å². The molecule has 3 nitrogen and oxygen atoms in total. The van der Waals surface area contributed by atoms with Gasteiger partial charge in [-0.1, -0.05) is 18.2 Å². The molecule has 0 spiro atoms. The highest BCUT2D eigenvalue weighted by Crippen LogP contribution is 2.38. The fourth-order valence-electron chi connectivity index (χ4n) is 3.54. The molecule has 0 aromatic heterocycles. The summed E-state index contributed by atoms with van der Waals surface area (Å²) in [6, 6.07) is 6.27. The smallest absolute Gasteiger partial charge is 0.223 e. The van der Waals surface area contributed by atoms with Crippen LogP contribution in [0.3, 0.4) is 0 Å². The van der Waals surface area contributed by atoms with E-state index in [4.69, 9.17) is 5.73 Å². The van der Waals surface area contributed by atoms with E-state index in [1.165, 1.54) is 16.7 Å². The summed E-state index contributed by atoms with van der Waals surface area (Å²) >= 11 is 0. The molecule has 116 valence electrons. The standard InChI is InChI=1S/C18H28N2O/c1-12-8-6-9-13(2)16(12)17-14(19)10-7-11-15(21)20(17)18(3,4)5/h6,8-9,14,17H,7,10-11,19H2,1-5H3. The molecule has 0 bridgehead atoms. The number of amides is 1. The first-order valence-corrected chi connectivity index (χ1v) is 7.87. The van der Waals surface area contributed by atoms with Crippen LogP contribution in [0.1, 0.15) is 62.8 Å². The van der Waals surface area contributed by atoms with Crippen LogP contribution >= 0.6 is 0 Å². The van der Waals surface area contributed by atoms with Gasteiger partial charge in [-0.15, -0.1) is 0 Å². The Hall–Kier alpha value is -1.35. The molecule has 1 aliphatic rings. The second-order valence-electron chi connectivity index (χ2n) is 7.24. The SMILES string of the molecule is Cc1cccc(C)c1C1C(N)CCCC(=O)N1C(C)(C)C. The zero-order chi connectivity index (χ0) is 15.8. The van der Waals surface area contributed by atoms with Crippen LogP contribution in [-0.2, 0) is 4.79 Å². The summed E-state index contributed by atoms with van der Waals surface area (Å²) in [5, 5.41) is 0. The Morgan fingerprint density at radius 3 is 2.29 bits per heavy atom. The monoisotopic (exact) mass is 288 g/mol. The van der Waals surface area contributed by atoms with Crippen molar-refractivity contribution in [3.63, 3.8) is 0 Å². The Morgan fingerprint density at radius 1 is 1.19 bits per heavy atom.